The molecule has 2 amide bonds. The Labute approximate surface area is 136 Å². The summed E-state index contributed by atoms with van der Waals surface area (Å²) >= 11 is 0. The summed E-state index contributed by atoms with van der Waals surface area (Å²) in [4.78, 5) is 35.0. The number of carbonyl (C=O) groups excluding carboxylic acids is 2. The van der Waals surface area contributed by atoms with E-state index in [2.05, 4.69) is 10.6 Å². The average Bonchev–Trinajstić information content (AvgIpc) is 2.45. The molecular formula is C17H24N2O4. The molecular weight excluding hydrogens is 296 g/mol. The number of nitrogens with one attached hydrogen (secondary N) is 2. The molecule has 0 aliphatic heterocycles. The van der Waals surface area contributed by atoms with E-state index < -0.39 is 24.0 Å². The second kappa shape index (κ2) is 8.92. The fraction of sp³-hybridized carbons (Fsp3) is 0.471. The van der Waals surface area contributed by atoms with E-state index >= 15 is 0 Å². The Hall–Kier alpha value is -2.37. The van der Waals surface area contributed by atoms with Gasteiger partial charge in [-0.05, 0) is 17.9 Å². The summed E-state index contributed by atoms with van der Waals surface area (Å²) in [5.74, 6) is -1.71. The van der Waals surface area contributed by atoms with Crippen molar-refractivity contribution in [3.05, 3.63) is 35.9 Å². The molecule has 23 heavy (non-hydrogen) atoms. The summed E-state index contributed by atoms with van der Waals surface area (Å²) in [6.07, 6.45) is 0.638. The fourth-order valence-electron chi connectivity index (χ4n) is 2.27. The van der Waals surface area contributed by atoms with Crippen molar-refractivity contribution in [1.82, 2.24) is 10.6 Å². The van der Waals surface area contributed by atoms with E-state index in [9.17, 15) is 19.5 Å². The normalized spacial score (nSPS) is 13.2. The van der Waals surface area contributed by atoms with Crippen LogP contribution in [-0.4, -0.2) is 35.0 Å². The minimum absolute atomic E-state index is 0.190. The van der Waals surface area contributed by atoms with Gasteiger partial charge in [-0.2, -0.15) is 0 Å². The molecule has 6 nitrogen and oxygen atoms in total. The van der Waals surface area contributed by atoms with Crippen molar-refractivity contribution < 1.29 is 19.5 Å². The van der Waals surface area contributed by atoms with E-state index in [1.54, 1.807) is 0 Å². The average molecular weight is 320 g/mol. The largest absolute Gasteiger partial charge is 0.480 e. The van der Waals surface area contributed by atoms with Gasteiger partial charge in [-0.1, -0.05) is 44.2 Å². The highest BCUT2D eigenvalue weighted by molar-refractivity contribution is 5.90. The molecule has 0 aromatic heterocycles. The number of aliphatic carboxylic acids is 1. The molecule has 0 aliphatic rings. The second-order valence-electron chi connectivity index (χ2n) is 5.97. The summed E-state index contributed by atoms with van der Waals surface area (Å²) in [6, 6.07) is 7.32. The predicted molar refractivity (Wildman–Crippen MR) is 86.8 cm³/mol. The van der Waals surface area contributed by atoms with Gasteiger partial charge in [0.25, 0.3) is 0 Å². The van der Waals surface area contributed by atoms with Gasteiger partial charge in [0.05, 0.1) is 0 Å². The highest BCUT2D eigenvalue weighted by Crippen LogP contribution is 2.07. The topological polar surface area (TPSA) is 95.5 Å². The molecule has 0 radical (unpaired) electrons. The monoisotopic (exact) mass is 320 g/mol. The van der Waals surface area contributed by atoms with Crippen LogP contribution < -0.4 is 10.6 Å². The second-order valence-corrected chi connectivity index (χ2v) is 5.97. The number of carboxylic acid groups (broad SMARTS) is 1. The summed E-state index contributed by atoms with van der Waals surface area (Å²) < 4.78 is 0. The van der Waals surface area contributed by atoms with Gasteiger partial charge in [-0.15, -0.1) is 0 Å². The van der Waals surface area contributed by atoms with Crippen LogP contribution in [0.5, 0.6) is 0 Å². The molecule has 0 spiro atoms. The van der Waals surface area contributed by atoms with E-state index in [-0.39, 0.29) is 18.2 Å². The number of rotatable bonds is 8. The van der Waals surface area contributed by atoms with Crippen molar-refractivity contribution in [2.45, 2.75) is 45.7 Å². The zero-order valence-corrected chi connectivity index (χ0v) is 13.7. The van der Waals surface area contributed by atoms with Crippen LogP contribution in [0.2, 0.25) is 0 Å². The quantitative estimate of drug-likeness (QED) is 0.674. The first-order valence-corrected chi connectivity index (χ1v) is 7.63. The van der Waals surface area contributed by atoms with Crippen molar-refractivity contribution in [2.24, 2.45) is 5.92 Å². The molecule has 0 aliphatic carbocycles. The van der Waals surface area contributed by atoms with Gasteiger partial charge in [0, 0.05) is 13.3 Å². The Morgan fingerprint density at radius 3 is 2.13 bits per heavy atom. The van der Waals surface area contributed by atoms with Crippen LogP contribution in [0.15, 0.2) is 30.3 Å². The molecule has 6 heteroatoms. The van der Waals surface area contributed by atoms with Crippen LogP contribution >= 0.6 is 0 Å². The standard InChI is InChI=1S/C17H24N2O4/c1-11(2)9-14(18-12(3)20)16(21)19-15(17(22)23)10-13-7-5-4-6-8-13/h4-8,11,14-15H,9-10H2,1-3H3,(H,18,20)(H,19,21)(H,22,23). The SMILES string of the molecule is CC(=O)NC(CC(C)C)C(=O)NC(Cc1ccccc1)C(=O)O. The molecule has 3 N–H and O–H groups in total. The van der Waals surface area contributed by atoms with Crippen LogP contribution in [0.25, 0.3) is 0 Å². The lowest BCUT2D eigenvalue weighted by atomic mass is 10.0. The third kappa shape index (κ3) is 6.95. The third-order valence-electron chi connectivity index (χ3n) is 3.30. The van der Waals surface area contributed by atoms with E-state index in [4.69, 9.17) is 0 Å². The number of hydrogen-bond acceptors (Lipinski definition) is 3. The smallest absolute Gasteiger partial charge is 0.326 e. The van der Waals surface area contributed by atoms with Crippen molar-refractivity contribution in [3.63, 3.8) is 0 Å². The molecule has 1 aromatic rings. The summed E-state index contributed by atoms with van der Waals surface area (Å²) in [6.45, 7) is 5.20. The summed E-state index contributed by atoms with van der Waals surface area (Å²) in [5, 5.41) is 14.4. The first kappa shape index (κ1) is 18.7. The lowest BCUT2D eigenvalue weighted by molar-refractivity contribution is -0.142. The van der Waals surface area contributed by atoms with Crippen LogP contribution in [0, 0.1) is 5.92 Å². The first-order valence-electron chi connectivity index (χ1n) is 7.63. The molecule has 126 valence electrons. The molecule has 1 rings (SSSR count). The minimum atomic E-state index is -1.10. The number of carboxylic acids is 1. The maximum atomic E-state index is 12.3. The van der Waals surface area contributed by atoms with E-state index in [0.29, 0.717) is 6.42 Å². The first-order chi connectivity index (χ1) is 10.8. The van der Waals surface area contributed by atoms with E-state index in [0.717, 1.165) is 5.56 Å². The number of hydrogen-bond donors (Lipinski definition) is 3. The summed E-state index contributed by atoms with van der Waals surface area (Å²) in [7, 11) is 0. The summed E-state index contributed by atoms with van der Waals surface area (Å²) in [5.41, 5.74) is 0.820. The zero-order valence-electron chi connectivity index (χ0n) is 13.7. The molecule has 2 unspecified atom stereocenters. The Morgan fingerprint density at radius 1 is 1.04 bits per heavy atom. The van der Waals surface area contributed by atoms with Gasteiger partial charge in [-0.25, -0.2) is 4.79 Å². The maximum Gasteiger partial charge on any atom is 0.326 e. The van der Waals surface area contributed by atoms with Crippen LogP contribution in [0.1, 0.15) is 32.8 Å². The van der Waals surface area contributed by atoms with Gasteiger partial charge < -0.3 is 15.7 Å². The van der Waals surface area contributed by atoms with Gasteiger partial charge in [0.15, 0.2) is 0 Å². The van der Waals surface area contributed by atoms with Crippen LogP contribution in [0.4, 0.5) is 0 Å². The predicted octanol–water partition coefficient (Wildman–Crippen LogP) is 1.35. The Morgan fingerprint density at radius 2 is 1.65 bits per heavy atom. The maximum absolute atomic E-state index is 12.3. The van der Waals surface area contributed by atoms with Crippen molar-refractivity contribution in [2.75, 3.05) is 0 Å². The highest BCUT2D eigenvalue weighted by Gasteiger charge is 2.26. The van der Waals surface area contributed by atoms with E-state index in [1.165, 1.54) is 6.92 Å². The zero-order chi connectivity index (χ0) is 17.4. The molecule has 0 heterocycles. The third-order valence-corrected chi connectivity index (χ3v) is 3.30. The van der Waals surface area contributed by atoms with Gasteiger partial charge in [0.1, 0.15) is 12.1 Å². The van der Waals surface area contributed by atoms with Crippen molar-refractivity contribution >= 4 is 17.8 Å². The Bertz CT molecular complexity index is 543. The molecule has 0 bridgehead atoms. The number of carbonyl (C=O) groups is 3. The van der Waals surface area contributed by atoms with Gasteiger partial charge in [-0.3, -0.25) is 9.59 Å². The lowest BCUT2D eigenvalue weighted by Crippen LogP contribution is -2.52. The number of amides is 2. The molecule has 1 aromatic carbocycles. The molecule has 0 saturated heterocycles. The molecule has 0 saturated carbocycles. The van der Waals surface area contributed by atoms with Gasteiger partial charge in [0.2, 0.25) is 11.8 Å². The highest BCUT2D eigenvalue weighted by atomic mass is 16.4. The van der Waals surface area contributed by atoms with Gasteiger partial charge >= 0.3 is 5.97 Å². The number of benzene rings is 1. The Balaban J connectivity index is 2.78. The molecule has 2 atom stereocenters. The van der Waals surface area contributed by atoms with Crippen LogP contribution in [-0.2, 0) is 20.8 Å². The lowest BCUT2D eigenvalue weighted by Gasteiger charge is -2.22. The Kier molecular flexibility index (Phi) is 7.25. The fourth-order valence-corrected chi connectivity index (χ4v) is 2.27. The minimum Gasteiger partial charge on any atom is -0.480 e. The van der Waals surface area contributed by atoms with Crippen molar-refractivity contribution in [1.29, 1.82) is 0 Å². The van der Waals surface area contributed by atoms with Crippen LogP contribution in [0.3, 0.4) is 0 Å². The molecule has 0 fully saturated rings. The van der Waals surface area contributed by atoms with E-state index in [1.807, 2.05) is 44.2 Å². The van der Waals surface area contributed by atoms with Crippen molar-refractivity contribution in [3.8, 4) is 0 Å².